The van der Waals surface area contributed by atoms with Gasteiger partial charge in [-0.25, -0.2) is 0 Å². The van der Waals surface area contributed by atoms with Gasteiger partial charge in [0.15, 0.2) is 0 Å². The van der Waals surface area contributed by atoms with Crippen molar-refractivity contribution >= 4 is 5.91 Å². The largest absolute Gasteiger partial charge is 0.380 e. The number of rotatable bonds is 8. The smallest absolute Gasteiger partial charge is 0.222 e. The van der Waals surface area contributed by atoms with Crippen LogP contribution in [-0.4, -0.2) is 44.2 Å². The third kappa shape index (κ3) is 5.65. The van der Waals surface area contributed by atoms with Crippen LogP contribution in [0.25, 0.3) is 0 Å². The summed E-state index contributed by atoms with van der Waals surface area (Å²) in [5.74, 6) is 0.287. The van der Waals surface area contributed by atoms with Gasteiger partial charge in [0, 0.05) is 26.6 Å². The monoisotopic (exact) mass is 254 g/mol. The van der Waals surface area contributed by atoms with Gasteiger partial charge in [-0.15, -0.1) is 0 Å². The fraction of sp³-hybridized carbons (Fsp3) is 0.786. The van der Waals surface area contributed by atoms with E-state index in [4.69, 9.17) is 10.5 Å². The normalized spacial score (nSPS) is 15.7. The summed E-state index contributed by atoms with van der Waals surface area (Å²) >= 11 is 0. The maximum atomic E-state index is 11.9. The summed E-state index contributed by atoms with van der Waals surface area (Å²) in [5, 5.41) is 0. The molecule has 0 aliphatic carbocycles. The van der Waals surface area contributed by atoms with Crippen LogP contribution in [0.5, 0.6) is 0 Å². The summed E-state index contributed by atoms with van der Waals surface area (Å²) < 4.78 is 5.10. The molecule has 104 valence electrons. The van der Waals surface area contributed by atoms with Gasteiger partial charge in [-0.2, -0.15) is 0 Å². The Hall–Kier alpha value is -0.870. The molecule has 0 saturated heterocycles. The molecule has 4 nitrogen and oxygen atoms in total. The van der Waals surface area contributed by atoms with Crippen molar-refractivity contribution in [3.8, 4) is 0 Å². The fourth-order valence-corrected chi connectivity index (χ4v) is 2.19. The Labute approximate surface area is 110 Å². The van der Waals surface area contributed by atoms with Crippen molar-refractivity contribution < 1.29 is 9.53 Å². The van der Waals surface area contributed by atoms with E-state index in [1.54, 1.807) is 7.11 Å². The SMILES string of the molecule is COCC1=CCN(C(=O)CCCCCCN)CC1. The predicted molar refractivity (Wildman–Crippen MR) is 73.3 cm³/mol. The van der Waals surface area contributed by atoms with E-state index in [-0.39, 0.29) is 5.91 Å². The van der Waals surface area contributed by atoms with Gasteiger partial charge in [0.1, 0.15) is 0 Å². The molecular weight excluding hydrogens is 228 g/mol. The molecule has 0 saturated carbocycles. The molecule has 1 amide bonds. The van der Waals surface area contributed by atoms with Gasteiger partial charge in [-0.05, 0) is 31.4 Å². The zero-order chi connectivity index (χ0) is 13.2. The highest BCUT2D eigenvalue weighted by Gasteiger charge is 2.16. The van der Waals surface area contributed by atoms with E-state index in [0.717, 1.165) is 51.7 Å². The molecule has 0 unspecified atom stereocenters. The lowest BCUT2D eigenvalue weighted by molar-refractivity contribution is -0.131. The van der Waals surface area contributed by atoms with E-state index in [1.165, 1.54) is 5.57 Å². The fourth-order valence-electron chi connectivity index (χ4n) is 2.19. The van der Waals surface area contributed by atoms with Crippen molar-refractivity contribution in [3.05, 3.63) is 11.6 Å². The molecule has 1 aliphatic rings. The number of nitrogens with two attached hydrogens (primary N) is 1. The molecule has 1 aliphatic heterocycles. The second kappa shape index (κ2) is 9.11. The number of amides is 1. The van der Waals surface area contributed by atoms with Crippen molar-refractivity contribution in [2.75, 3.05) is 33.4 Å². The summed E-state index contributed by atoms with van der Waals surface area (Å²) in [6, 6.07) is 0. The van der Waals surface area contributed by atoms with E-state index in [9.17, 15) is 4.79 Å². The lowest BCUT2D eigenvalue weighted by Gasteiger charge is -2.26. The summed E-state index contributed by atoms with van der Waals surface area (Å²) in [7, 11) is 1.71. The first-order valence-corrected chi connectivity index (χ1v) is 6.92. The topological polar surface area (TPSA) is 55.6 Å². The Morgan fingerprint density at radius 2 is 2.17 bits per heavy atom. The Kier molecular flexibility index (Phi) is 7.69. The summed E-state index contributed by atoms with van der Waals surface area (Å²) in [4.78, 5) is 13.9. The Balaban J connectivity index is 2.16. The summed E-state index contributed by atoms with van der Waals surface area (Å²) in [6.07, 6.45) is 8.07. The average molecular weight is 254 g/mol. The summed E-state index contributed by atoms with van der Waals surface area (Å²) in [6.45, 7) is 3.05. The zero-order valence-corrected chi connectivity index (χ0v) is 11.5. The number of ether oxygens (including phenoxy) is 1. The first-order valence-electron chi connectivity index (χ1n) is 6.92. The first-order chi connectivity index (χ1) is 8.77. The van der Waals surface area contributed by atoms with Crippen molar-refractivity contribution in [3.63, 3.8) is 0 Å². The highest BCUT2D eigenvalue weighted by Crippen LogP contribution is 2.13. The Morgan fingerprint density at radius 1 is 1.39 bits per heavy atom. The number of carbonyl (C=O) groups excluding carboxylic acids is 1. The summed E-state index contributed by atoms with van der Waals surface area (Å²) in [5.41, 5.74) is 6.74. The molecule has 18 heavy (non-hydrogen) atoms. The van der Waals surface area contributed by atoms with Crippen molar-refractivity contribution in [1.29, 1.82) is 0 Å². The van der Waals surface area contributed by atoms with Crippen LogP contribution in [0.2, 0.25) is 0 Å². The molecule has 0 spiro atoms. The minimum Gasteiger partial charge on any atom is -0.380 e. The van der Waals surface area contributed by atoms with Gasteiger partial charge in [0.05, 0.1) is 6.61 Å². The molecule has 0 fully saturated rings. The lowest BCUT2D eigenvalue weighted by Crippen LogP contribution is -2.35. The highest BCUT2D eigenvalue weighted by molar-refractivity contribution is 5.76. The number of methoxy groups -OCH3 is 1. The number of nitrogens with zero attached hydrogens (tertiary/aromatic N) is 1. The van der Waals surface area contributed by atoms with Gasteiger partial charge < -0.3 is 15.4 Å². The number of unbranched alkanes of at least 4 members (excludes halogenated alkanes) is 3. The van der Waals surface area contributed by atoms with Crippen LogP contribution in [0.3, 0.4) is 0 Å². The highest BCUT2D eigenvalue weighted by atomic mass is 16.5. The van der Waals surface area contributed by atoms with Crippen molar-refractivity contribution in [2.24, 2.45) is 5.73 Å². The van der Waals surface area contributed by atoms with E-state index < -0.39 is 0 Å². The molecule has 4 heteroatoms. The van der Waals surface area contributed by atoms with Gasteiger partial charge in [0.25, 0.3) is 0 Å². The van der Waals surface area contributed by atoms with Crippen LogP contribution in [0.1, 0.15) is 38.5 Å². The van der Waals surface area contributed by atoms with E-state index in [0.29, 0.717) is 13.0 Å². The predicted octanol–water partition coefficient (Wildman–Crippen LogP) is 1.70. The molecule has 0 aromatic heterocycles. The number of hydrogen-bond acceptors (Lipinski definition) is 3. The molecule has 1 heterocycles. The van der Waals surface area contributed by atoms with E-state index in [1.807, 2.05) is 4.90 Å². The van der Waals surface area contributed by atoms with Crippen LogP contribution in [0.4, 0.5) is 0 Å². The maximum Gasteiger partial charge on any atom is 0.222 e. The molecule has 0 atom stereocenters. The minimum absolute atomic E-state index is 0.287. The molecule has 0 radical (unpaired) electrons. The van der Waals surface area contributed by atoms with Crippen molar-refractivity contribution in [2.45, 2.75) is 38.5 Å². The van der Waals surface area contributed by atoms with E-state index in [2.05, 4.69) is 6.08 Å². The number of hydrogen-bond donors (Lipinski definition) is 1. The van der Waals surface area contributed by atoms with E-state index >= 15 is 0 Å². The first kappa shape index (κ1) is 15.2. The quantitative estimate of drug-likeness (QED) is 0.530. The molecule has 0 bridgehead atoms. The lowest BCUT2D eigenvalue weighted by atomic mass is 10.1. The molecular formula is C14H26N2O2. The van der Waals surface area contributed by atoms with Crippen LogP contribution in [0, 0.1) is 0 Å². The van der Waals surface area contributed by atoms with Gasteiger partial charge in [-0.1, -0.05) is 18.9 Å². The maximum absolute atomic E-state index is 11.9. The van der Waals surface area contributed by atoms with Crippen LogP contribution < -0.4 is 5.73 Å². The van der Waals surface area contributed by atoms with Gasteiger partial charge in [0.2, 0.25) is 5.91 Å². The minimum atomic E-state index is 0.287. The molecule has 2 N–H and O–H groups in total. The molecule has 0 aromatic carbocycles. The zero-order valence-electron chi connectivity index (χ0n) is 11.5. The Bertz CT molecular complexity index is 277. The average Bonchev–Trinajstić information content (AvgIpc) is 2.39. The molecule has 1 rings (SSSR count). The third-order valence-corrected chi connectivity index (χ3v) is 3.33. The third-order valence-electron chi connectivity index (χ3n) is 3.33. The van der Waals surface area contributed by atoms with Crippen LogP contribution in [-0.2, 0) is 9.53 Å². The van der Waals surface area contributed by atoms with Crippen LogP contribution in [0.15, 0.2) is 11.6 Å². The van der Waals surface area contributed by atoms with Crippen LogP contribution >= 0.6 is 0 Å². The molecule has 0 aromatic rings. The standard InChI is InChI=1S/C14H26N2O2/c1-18-12-13-7-10-16(11-8-13)14(17)6-4-2-3-5-9-15/h7H,2-6,8-12,15H2,1H3. The van der Waals surface area contributed by atoms with Crippen molar-refractivity contribution in [1.82, 2.24) is 4.90 Å². The van der Waals surface area contributed by atoms with Gasteiger partial charge in [-0.3, -0.25) is 4.79 Å². The second-order valence-corrected chi connectivity index (χ2v) is 4.84. The number of carbonyl (C=O) groups is 1. The Morgan fingerprint density at radius 3 is 2.78 bits per heavy atom. The van der Waals surface area contributed by atoms with Gasteiger partial charge >= 0.3 is 0 Å². The second-order valence-electron chi connectivity index (χ2n) is 4.84.